The van der Waals surface area contributed by atoms with E-state index >= 15 is 0 Å². The van der Waals surface area contributed by atoms with Crippen LogP contribution in [0.25, 0.3) is 22.3 Å². The summed E-state index contributed by atoms with van der Waals surface area (Å²) in [6, 6.07) is 6.45. The van der Waals surface area contributed by atoms with Crippen molar-refractivity contribution >= 4 is 11.0 Å². The van der Waals surface area contributed by atoms with Crippen molar-refractivity contribution in [1.82, 2.24) is 0 Å². The largest absolute Gasteiger partial charge is 0.496 e. The van der Waals surface area contributed by atoms with Gasteiger partial charge in [-0.2, -0.15) is 0 Å². The summed E-state index contributed by atoms with van der Waals surface area (Å²) in [5.74, 6) is 2.01. The maximum absolute atomic E-state index is 12.9. The van der Waals surface area contributed by atoms with Crippen molar-refractivity contribution in [2.24, 2.45) is 0 Å². The number of benzene rings is 2. The Bertz CT molecular complexity index is 1070. The van der Waals surface area contributed by atoms with Crippen molar-refractivity contribution in [2.75, 3.05) is 42.7 Å². The van der Waals surface area contributed by atoms with Crippen LogP contribution in [0.5, 0.6) is 34.5 Å². The zero-order valence-electron chi connectivity index (χ0n) is 17.1. The fourth-order valence-corrected chi connectivity index (χ4v) is 3.28. The van der Waals surface area contributed by atoms with E-state index in [0.29, 0.717) is 22.3 Å². The summed E-state index contributed by atoms with van der Waals surface area (Å²) in [5, 5.41) is 0.337. The Balaban J connectivity index is 2.46. The molecular formula is C21H22O8. The van der Waals surface area contributed by atoms with Crippen LogP contribution in [-0.4, -0.2) is 42.7 Å². The molecule has 29 heavy (non-hydrogen) atoms. The molecule has 154 valence electrons. The molecule has 8 heteroatoms. The lowest BCUT2D eigenvalue weighted by atomic mass is 10.1. The first-order chi connectivity index (χ1) is 14.1. The molecular weight excluding hydrogens is 380 g/mol. The monoisotopic (exact) mass is 402 g/mol. The maximum atomic E-state index is 12.9. The minimum Gasteiger partial charge on any atom is -0.496 e. The van der Waals surface area contributed by atoms with Crippen LogP contribution in [0.15, 0.2) is 33.5 Å². The molecule has 2 aromatic carbocycles. The Morgan fingerprint density at radius 1 is 0.690 bits per heavy atom. The van der Waals surface area contributed by atoms with Crippen LogP contribution in [0.3, 0.4) is 0 Å². The summed E-state index contributed by atoms with van der Waals surface area (Å²) in [5.41, 5.74) is 0.424. The normalized spacial score (nSPS) is 10.6. The topological polar surface area (TPSA) is 85.6 Å². The Kier molecular flexibility index (Phi) is 5.72. The molecule has 0 aliphatic carbocycles. The zero-order chi connectivity index (χ0) is 21.1. The molecule has 0 fully saturated rings. The van der Waals surface area contributed by atoms with Crippen LogP contribution >= 0.6 is 0 Å². The van der Waals surface area contributed by atoms with Gasteiger partial charge in [-0.3, -0.25) is 4.79 Å². The summed E-state index contributed by atoms with van der Waals surface area (Å²) in [7, 11) is 8.84. The van der Waals surface area contributed by atoms with Gasteiger partial charge in [-0.15, -0.1) is 0 Å². The predicted molar refractivity (Wildman–Crippen MR) is 107 cm³/mol. The van der Waals surface area contributed by atoms with Crippen LogP contribution in [0, 0.1) is 0 Å². The third kappa shape index (κ3) is 3.16. The first-order valence-corrected chi connectivity index (χ1v) is 8.61. The number of ether oxygens (including phenoxy) is 6. The Morgan fingerprint density at radius 2 is 1.21 bits per heavy atom. The van der Waals surface area contributed by atoms with Crippen LogP contribution in [0.4, 0.5) is 0 Å². The van der Waals surface area contributed by atoms with Gasteiger partial charge >= 0.3 is 0 Å². The molecule has 0 amide bonds. The summed E-state index contributed by atoms with van der Waals surface area (Å²) in [6.45, 7) is 0. The summed E-state index contributed by atoms with van der Waals surface area (Å²) >= 11 is 0. The Hall–Kier alpha value is -3.55. The van der Waals surface area contributed by atoms with Gasteiger partial charge in [0.2, 0.25) is 17.2 Å². The SMILES string of the molecule is COc1c(OC)c(OC)c(-c2cc(=O)c3c(OC)cccc3o2)c(OC)c1OC. The van der Waals surface area contributed by atoms with E-state index in [-0.39, 0.29) is 39.9 Å². The van der Waals surface area contributed by atoms with Gasteiger partial charge in [0.25, 0.3) is 0 Å². The van der Waals surface area contributed by atoms with Gasteiger partial charge in [0, 0.05) is 6.07 Å². The molecule has 0 N–H and O–H groups in total. The lowest BCUT2D eigenvalue weighted by Crippen LogP contribution is -2.06. The van der Waals surface area contributed by atoms with Gasteiger partial charge in [0.05, 0.1) is 42.7 Å². The van der Waals surface area contributed by atoms with Crippen LogP contribution in [0.2, 0.25) is 0 Å². The van der Waals surface area contributed by atoms with E-state index in [1.807, 2.05) is 0 Å². The molecule has 0 radical (unpaired) electrons. The van der Waals surface area contributed by atoms with Crippen LogP contribution in [0.1, 0.15) is 0 Å². The smallest absolute Gasteiger partial charge is 0.211 e. The summed E-state index contributed by atoms with van der Waals surface area (Å²) in [6.07, 6.45) is 0. The van der Waals surface area contributed by atoms with E-state index in [4.69, 9.17) is 32.8 Å². The highest BCUT2D eigenvalue weighted by Gasteiger charge is 2.31. The Labute approximate surface area is 167 Å². The van der Waals surface area contributed by atoms with Gasteiger partial charge in [0.1, 0.15) is 28.0 Å². The number of rotatable bonds is 7. The van der Waals surface area contributed by atoms with Crippen molar-refractivity contribution in [3.8, 4) is 45.8 Å². The maximum Gasteiger partial charge on any atom is 0.211 e. The molecule has 0 saturated carbocycles. The molecule has 0 saturated heterocycles. The standard InChI is InChI=1S/C21H22O8/c1-23-12-8-7-9-13-15(12)11(22)10-14(29-13)16-17(24-2)19(26-4)21(28-6)20(27-5)18(16)25-3/h7-10H,1-6H3. The quantitative estimate of drug-likeness (QED) is 0.594. The average molecular weight is 402 g/mol. The number of fused-ring (bicyclic) bond motifs is 1. The number of hydrogen-bond acceptors (Lipinski definition) is 8. The third-order valence-electron chi connectivity index (χ3n) is 4.48. The number of methoxy groups -OCH3 is 6. The molecule has 1 heterocycles. The second-order valence-electron chi connectivity index (χ2n) is 5.85. The van der Waals surface area contributed by atoms with Gasteiger partial charge < -0.3 is 32.8 Å². The van der Waals surface area contributed by atoms with Crippen molar-refractivity contribution in [3.05, 3.63) is 34.5 Å². The molecule has 3 rings (SSSR count). The molecule has 0 bridgehead atoms. The zero-order valence-corrected chi connectivity index (χ0v) is 17.1. The second-order valence-corrected chi connectivity index (χ2v) is 5.85. The molecule has 0 atom stereocenters. The minimum absolute atomic E-state index is 0.212. The second kappa shape index (κ2) is 8.22. The minimum atomic E-state index is -0.281. The highest BCUT2D eigenvalue weighted by molar-refractivity contribution is 5.89. The van der Waals surface area contributed by atoms with E-state index in [1.54, 1.807) is 18.2 Å². The van der Waals surface area contributed by atoms with Crippen molar-refractivity contribution in [3.63, 3.8) is 0 Å². The molecule has 3 aromatic rings. The first kappa shape index (κ1) is 20.2. The van der Waals surface area contributed by atoms with E-state index in [0.717, 1.165) is 0 Å². The van der Waals surface area contributed by atoms with E-state index < -0.39 is 0 Å². The molecule has 8 nitrogen and oxygen atoms in total. The highest BCUT2D eigenvalue weighted by atomic mass is 16.6. The average Bonchev–Trinajstić information content (AvgIpc) is 2.75. The summed E-state index contributed by atoms with van der Waals surface area (Å²) < 4.78 is 38.9. The lowest BCUT2D eigenvalue weighted by Gasteiger charge is -2.21. The summed E-state index contributed by atoms with van der Waals surface area (Å²) in [4.78, 5) is 12.9. The van der Waals surface area contributed by atoms with Gasteiger partial charge in [-0.05, 0) is 12.1 Å². The van der Waals surface area contributed by atoms with Gasteiger partial charge in [0.15, 0.2) is 16.9 Å². The first-order valence-electron chi connectivity index (χ1n) is 8.61. The van der Waals surface area contributed by atoms with Crippen molar-refractivity contribution < 1.29 is 32.8 Å². The molecule has 0 aliphatic heterocycles. The fourth-order valence-electron chi connectivity index (χ4n) is 3.28. The van der Waals surface area contributed by atoms with Crippen LogP contribution in [-0.2, 0) is 0 Å². The lowest BCUT2D eigenvalue weighted by molar-refractivity contribution is 0.291. The van der Waals surface area contributed by atoms with Crippen molar-refractivity contribution in [1.29, 1.82) is 0 Å². The van der Waals surface area contributed by atoms with Gasteiger partial charge in [-0.1, -0.05) is 6.07 Å². The molecule has 0 aliphatic rings. The van der Waals surface area contributed by atoms with Crippen LogP contribution < -0.4 is 33.8 Å². The highest BCUT2D eigenvalue weighted by Crippen LogP contribution is 2.57. The van der Waals surface area contributed by atoms with Crippen molar-refractivity contribution in [2.45, 2.75) is 0 Å². The fraction of sp³-hybridized carbons (Fsp3) is 0.286. The predicted octanol–water partition coefficient (Wildman–Crippen LogP) is 3.51. The van der Waals surface area contributed by atoms with E-state index in [1.165, 1.54) is 48.7 Å². The third-order valence-corrected chi connectivity index (χ3v) is 4.48. The molecule has 1 aromatic heterocycles. The van der Waals surface area contributed by atoms with E-state index in [9.17, 15) is 4.79 Å². The molecule has 0 spiro atoms. The van der Waals surface area contributed by atoms with E-state index in [2.05, 4.69) is 0 Å². The molecule has 0 unspecified atom stereocenters. The van der Waals surface area contributed by atoms with Gasteiger partial charge in [-0.25, -0.2) is 0 Å². The number of hydrogen-bond donors (Lipinski definition) is 0. The Morgan fingerprint density at radius 3 is 1.69 bits per heavy atom.